The molecule has 4 heteroatoms. The molecule has 2 aromatic rings. The summed E-state index contributed by atoms with van der Waals surface area (Å²) in [7, 11) is 0. The van der Waals surface area contributed by atoms with Crippen molar-refractivity contribution in [3.05, 3.63) is 46.9 Å². The average molecular weight is 308 g/mol. The van der Waals surface area contributed by atoms with Crippen LogP contribution < -0.4 is 15.2 Å². The molecule has 0 radical (unpaired) electrons. The molecule has 3 nitrogen and oxygen atoms in total. The van der Waals surface area contributed by atoms with E-state index in [9.17, 15) is 0 Å². The molecule has 0 atom stereocenters. The number of halogens is 1. The van der Waals surface area contributed by atoms with Crippen molar-refractivity contribution in [1.29, 1.82) is 0 Å². The molecule has 2 rings (SSSR count). The van der Waals surface area contributed by atoms with Crippen LogP contribution in [0.15, 0.2) is 46.9 Å². The highest BCUT2D eigenvalue weighted by Crippen LogP contribution is 2.30. The summed E-state index contributed by atoms with van der Waals surface area (Å²) in [6.07, 6.45) is 0. The molecular formula is C14H14BrNO2. The summed E-state index contributed by atoms with van der Waals surface area (Å²) in [5, 5.41) is 0. The molecule has 0 amide bonds. The van der Waals surface area contributed by atoms with Gasteiger partial charge in [0.15, 0.2) is 0 Å². The van der Waals surface area contributed by atoms with Gasteiger partial charge in [0.1, 0.15) is 17.2 Å². The fourth-order valence-corrected chi connectivity index (χ4v) is 1.90. The van der Waals surface area contributed by atoms with Crippen molar-refractivity contribution in [3.8, 4) is 17.2 Å². The second kappa shape index (κ2) is 5.78. The Morgan fingerprint density at radius 1 is 1.11 bits per heavy atom. The van der Waals surface area contributed by atoms with Crippen molar-refractivity contribution < 1.29 is 9.47 Å². The quantitative estimate of drug-likeness (QED) is 0.860. The van der Waals surface area contributed by atoms with Gasteiger partial charge < -0.3 is 15.2 Å². The zero-order chi connectivity index (χ0) is 13.0. The van der Waals surface area contributed by atoms with E-state index in [4.69, 9.17) is 15.2 Å². The van der Waals surface area contributed by atoms with Crippen LogP contribution in [0.25, 0.3) is 0 Å². The topological polar surface area (TPSA) is 44.5 Å². The number of hydrogen-bond donors (Lipinski definition) is 1. The molecule has 0 heterocycles. The van der Waals surface area contributed by atoms with E-state index < -0.39 is 0 Å². The Morgan fingerprint density at radius 2 is 1.89 bits per heavy atom. The Hall–Kier alpha value is -1.68. The maximum absolute atomic E-state index is 5.80. The molecule has 0 aliphatic rings. The van der Waals surface area contributed by atoms with E-state index in [-0.39, 0.29) is 0 Å². The molecule has 0 saturated carbocycles. The lowest BCUT2D eigenvalue weighted by atomic mass is 10.3. The molecular weight excluding hydrogens is 294 g/mol. The number of rotatable bonds is 4. The van der Waals surface area contributed by atoms with Crippen LogP contribution in [0.1, 0.15) is 6.92 Å². The second-order valence-corrected chi connectivity index (χ2v) is 4.61. The van der Waals surface area contributed by atoms with Gasteiger partial charge in [0, 0.05) is 10.5 Å². The Morgan fingerprint density at radius 3 is 2.61 bits per heavy atom. The van der Waals surface area contributed by atoms with E-state index in [2.05, 4.69) is 15.9 Å². The van der Waals surface area contributed by atoms with Gasteiger partial charge in [-0.05, 0) is 37.3 Å². The summed E-state index contributed by atoms with van der Waals surface area (Å²) in [4.78, 5) is 0. The van der Waals surface area contributed by atoms with E-state index in [1.165, 1.54) is 0 Å². The standard InChI is InChI=1S/C14H14BrNO2/c1-2-17-14-9-12(6-7-13(14)16)18-11-5-3-4-10(15)8-11/h3-9H,2,16H2,1H3. The van der Waals surface area contributed by atoms with Crippen molar-refractivity contribution in [1.82, 2.24) is 0 Å². The number of hydrogen-bond acceptors (Lipinski definition) is 3. The molecule has 0 aliphatic heterocycles. The largest absolute Gasteiger partial charge is 0.492 e. The summed E-state index contributed by atoms with van der Waals surface area (Å²) in [5.41, 5.74) is 6.41. The normalized spacial score (nSPS) is 10.1. The predicted molar refractivity (Wildman–Crippen MR) is 76.2 cm³/mol. The predicted octanol–water partition coefficient (Wildman–Crippen LogP) is 4.22. The van der Waals surface area contributed by atoms with Crippen LogP contribution in [-0.2, 0) is 0 Å². The van der Waals surface area contributed by atoms with Crippen LogP contribution in [0.3, 0.4) is 0 Å². The van der Waals surface area contributed by atoms with E-state index in [1.807, 2.05) is 37.3 Å². The molecule has 18 heavy (non-hydrogen) atoms. The van der Waals surface area contributed by atoms with Crippen LogP contribution in [0.4, 0.5) is 5.69 Å². The third-order valence-electron chi connectivity index (χ3n) is 2.32. The Balaban J connectivity index is 2.21. The molecule has 0 aliphatic carbocycles. The molecule has 0 spiro atoms. The summed E-state index contributed by atoms with van der Waals surface area (Å²) in [5.74, 6) is 2.10. The molecule has 2 N–H and O–H groups in total. The molecule has 0 unspecified atom stereocenters. The molecule has 0 aromatic heterocycles. The molecule has 0 saturated heterocycles. The highest BCUT2D eigenvalue weighted by atomic mass is 79.9. The highest BCUT2D eigenvalue weighted by molar-refractivity contribution is 9.10. The van der Waals surface area contributed by atoms with E-state index in [0.717, 1.165) is 10.2 Å². The van der Waals surface area contributed by atoms with Gasteiger partial charge in [-0.15, -0.1) is 0 Å². The zero-order valence-corrected chi connectivity index (χ0v) is 11.6. The minimum atomic E-state index is 0.574. The SMILES string of the molecule is CCOc1cc(Oc2cccc(Br)c2)ccc1N. The Labute approximate surface area is 115 Å². The minimum Gasteiger partial charge on any atom is -0.492 e. The van der Waals surface area contributed by atoms with Crippen LogP contribution >= 0.6 is 15.9 Å². The van der Waals surface area contributed by atoms with Gasteiger partial charge in [-0.3, -0.25) is 0 Å². The number of nitrogens with two attached hydrogens (primary N) is 1. The number of ether oxygens (including phenoxy) is 2. The van der Waals surface area contributed by atoms with Gasteiger partial charge >= 0.3 is 0 Å². The second-order valence-electron chi connectivity index (χ2n) is 3.69. The van der Waals surface area contributed by atoms with Crippen LogP contribution in [-0.4, -0.2) is 6.61 Å². The van der Waals surface area contributed by atoms with Crippen LogP contribution in [0, 0.1) is 0 Å². The van der Waals surface area contributed by atoms with Crippen molar-refractivity contribution in [2.45, 2.75) is 6.92 Å². The van der Waals surface area contributed by atoms with Gasteiger partial charge in [0.2, 0.25) is 0 Å². The van der Waals surface area contributed by atoms with Gasteiger partial charge in [0.25, 0.3) is 0 Å². The smallest absolute Gasteiger partial charge is 0.145 e. The number of nitrogen functional groups attached to an aromatic ring is 1. The van der Waals surface area contributed by atoms with Crippen molar-refractivity contribution in [2.75, 3.05) is 12.3 Å². The summed E-state index contributed by atoms with van der Waals surface area (Å²) in [6, 6.07) is 13.0. The molecule has 0 fully saturated rings. The van der Waals surface area contributed by atoms with Gasteiger partial charge in [-0.1, -0.05) is 22.0 Å². The van der Waals surface area contributed by atoms with Crippen LogP contribution in [0.2, 0.25) is 0 Å². The monoisotopic (exact) mass is 307 g/mol. The molecule has 0 bridgehead atoms. The van der Waals surface area contributed by atoms with Crippen molar-refractivity contribution >= 4 is 21.6 Å². The lowest BCUT2D eigenvalue weighted by Crippen LogP contribution is -1.97. The van der Waals surface area contributed by atoms with Crippen molar-refractivity contribution in [2.24, 2.45) is 0 Å². The Kier molecular flexibility index (Phi) is 4.10. The van der Waals surface area contributed by atoms with E-state index in [1.54, 1.807) is 12.1 Å². The number of anilines is 1. The first-order valence-corrected chi connectivity index (χ1v) is 6.44. The lowest BCUT2D eigenvalue weighted by molar-refractivity contribution is 0.340. The first-order valence-electron chi connectivity index (χ1n) is 5.65. The van der Waals surface area contributed by atoms with E-state index >= 15 is 0 Å². The van der Waals surface area contributed by atoms with Gasteiger partial charge in [-0.2, -0.15) is 0 Å². The third kappa shape index (κ3) is 3.17. The number of benzene rings is 2. The molecule has 2 aromatic carbocycles. The first kappa shape index (κ1) is 12.8. The first-order chi connectivity index (χ1) is 8.69. The maximum atomic E-state index is 5.80. The highest BCUT2D eigenvalue weighted by Gasteiger charge is 2.04. The summed E-state index contributed by atoms with van der Waals surface area (Å²) < 4.78 is 12.1. The summed E-state index contributed by atoms with van der Waals surface area (Å²) in [6.45, 7) is 2.49. The molecule has 94 valence electrons. The summed E-state index contributed by atoms with van der Waals surface area (Å²) >= 11 is 3.40. The van der Waals surface area contributed by atoms with Gasteiger partial charge in [-0.25, -0.2) is 0 Å². The third-order valence-corrected chi connectivity index (χ3v) is 2.81. The average Bonchev–Trinajstić information content (AvgIpc) is 2.34. The fourth-order valence-electron chi connectivity index (χ4n) is 1.53. The van der Waals surface area contributed by atoms with Crippen LogP contribution in [0.5, 0.6) is 17.2 Å². The van der Waals surface area contributed by atoms with E-state index in [0.29, 0.717) is 23.8 Å². The lowest BCUT2D eigenvalue weighted by Gasteiger charge is -2.10. The minimum absolute atomic E-state index is 0.574. The Bertz CT molecular complexity index is 543. The maximum Gasteiger partial charge on any atom is 0.145 e. The van der Waals surface area contributed by atoms with Gasteiger partial charge in [0.05, 0.1) is 12.3 Å². The van der Waals surface area contributed by atoms with Crippen molar-refractivity contribution in [3.63, 3.8) is 0 Å². The fraction of sp³-hybridized carbons (Fsp3) is 0.143. The zero-order valence-electron chi connectivity index (χ0n) is 10.0.